The van der Waals surface area contributed by atoms with Gasteiger partial charge in [0.2, 0.25) is 0 Å². The molecule has 1 unspecified atom stereocenters. The third-order valence-electron chi connectivity index (χ3n) is 3.05. The zero-order chi connectivity index (χ0) is 14.6. The molecule has 2 N–H and O–H groups in total. The van der Waals surface area contributed by atoms with Crippen LogP contribution >= 0.6 is 0 Å². The lowest BCUT2D eigenvalue weighted by atomic mass is 9.98. The number of non-ortho nitro benzene ring substituents is 1. The summed E-state index contributed by atoms with van der Waals surface area (Å²) in [6, 6.07) is 3.24. The van der Waals surface area contributed by atoms with E-state index in [9.17, 15) is 24.0 Å². The van der Waals surface area contributed by atoms with E-state index in [1.165, 1.54) is 6.07 Å². The number of anilines is 1. The quantitative estimate of drug-likeness (QED) is 0.617. The number of hydrogen-bond donors (Lipinski definition) is 2. The second kappa shape index (κ2) is 5.92. The van der Waals surface area contributed by atoms with Crippen LogP contribution in [-0.4, -0.2) is 22.2 Å². The van der Waals surface area contributed by atoms with Gasteiger partial charge in [0.25, 0.3) is 12.1 Å². The van der Waals surface area contributed by atoms with Gasteiger partial charge in [-0.15, -0.1) is 0 Å². The average Bonchev–Trinajstić information content (AvgIpc) is 2.38. The molecule has 0 spiro atoms. The Morgan fingerprint density at radius 1 is 1.53 bits per heavy atom. The van der Waals surface area contributed by atoms with E-state index in [-0.39, 0.29) is 18.0 Å². The van der Waals surface area contributed by atoms with Gasteiger partial charge in [-0.2, -0.15) is 0 Å². The van der Waals surface area contributed by atoms with Gasteiger partial charge in [0, 0.05) is 23.4 Å². The molecule has 0 bridgehead atoms. The summed E-state index contributed by atoms with van der Waals surface area (Å²) in [5.41, 5.74) is -1.48. The summed E-state index contributed by atoms with van der Waals surface area (Å²) in [6.45, 7) is 3.25. The molecule has 106 valence electrons. The van der Waals surface area contributed by atoms with Gasteiger partial charge < -0.3 is 10.4 Å². The van der Waals surface area contributed by atoms with Crippen molar-refractivity contribution < 1.29 is 18.8 Å². The Labute approximate surface area is 109 Å². The lowest BCUT2D eigenvalue weighted by molar-refractivity contribution is -0.385. The summed E-state index contributed by atoms with van der Waals surface area (Å²) >= 11 is 0. The number of nitrogens with zero attached hydrogens (tertiary/aromatic N) is 1. The van der Waals surface area contributed by atoms with Crippen molar-refractivity contribution in [1.82, 2.24) is 0 Å². The Bertz CT molecular complexity index is 462. The highest BCUT2D eigenvalue weighted by Crippen LogP contribution is 2.32. The topological polar surface area (TPSA) is 75.4 Å². The molecule has 1 aromatic rings. The predicted octanol–water partition coefficient (Wildman–Crippen LogP) is 3.11. The van der Waals surface area contributed by atoms with Gasteiger partial charge in [-0.25, -0.2) is 8.78 Å². The van der Waals surface area contributed by atoms with E-state index in [1.54, 1.807) is 13.8 Å². The Hall–Kier alpha value is -1.76. The van der Waals surface area contributed by atoms with Gasteiger partial charge in [0.15, 0.2) is 0 Å². The first-order valence-corrected chi connectivity index (χ1v) is 5.78. The van der Waals surface area contributed by atoms with Crippen molar-refractivity contribution >= 4 is 11.4 Å². The summed E-state index contributed by atoms with van der Waals surface area (Å²) in [5, 5.41) is 22.7. The van der Waals surface area contributed by atoms with Crippen molar-refractivity contribution in [2.45, 2.75) is 32.2 Å². The van der Waals surface area contributed by atoms with Crippen LogP contribution in [0.25, 0.3) is 0 Å². The van der Waals surface area contributed by atoms with Crippen molar-refractivity contribution in [3.63, 3.8) is 0 Å². The van der Waals surface area contributed by atoms with E-state index in [0.717, 1.165) is 12.1 Å². The minimum atomic E-state index is -2.83. The highest BCUT2D eigenvalue weighted by Gasteiger charge is 2.25. The Morgan fingerprint density at radius 2 is 2.16 bits per heavy atom. The molecule has 0 heterocycles. The molecule has 0 saturated heterocycles. The van der Waals surface area contributed by atoms with Crippen LogP contribution in [0.2, 0.25) is 0 Å². The lowest BCUT2D eigenvalue weighted by Crippen LogP contribution is -2.38. The fourth-order valence-electron chi connectivity index (χ4n) is 1.52. The van der Waals surface area contributed by atoms with Gasteiger partial charge in [0.05, 0.1) is 17.1 Å². The van der Waals surface area contributed by atoms with Crippen molar-refractivity contribution in [2.75, 3.05) is 11.9 Å². The maximum atomic E-state index is 12.9. The number of rotatable bonds is 6. The van der Waals surface area contributed by atoms with Gasteiger partial charge in [-0.1, -0.05) is 6.92 Å². The van der Waals surface area contributed by atoms with Crippen LogP contribution < -0.4 is 5.32 Å². The van der Waals surface area contributed by atoms with Crippen LogP contribution in [0.1, 0.15) is 32.3 Å². The molecule has 5 nitrogen and oxygen atoms in total. The molecule has 1 aromatic carbocycles. The first-order chi connectivity index (χ1) is 8.83. The molecule has 1 atom stereocenters. The maximum Gasteiger partial charge on any atom is 0.270 e. The summed E-state index contributed by atoms with van der Waals surface area (Å²) in [4.78, 5) is 9.86. The minimum absolute atomic E-state index is 0.0963. The summed E-state index contributed by atoms with van der Waals surface area (Å²) < 4.78 is 25.9. The molecular weight excluding hydrogens is 258 g/mol. The minimum Gasteiger partial charge on any atom is -0.394 e. The standard InChI is InChI=1S/C12H16F2N2O3/c1-3-12(2,7-17)15-10-5-4-8(16(18)19)6-9(10)11(13)14/h4-6,11,15,17H,3,7H2,1-2H3. The fraction of sp³-hybridized carbons (Fsp3) is 0.500. The zero-order valence-electron chi connectivity index (χ0n) is 10.7. The Balaban J connectivity index is 3.17. The number of hydrogen-bond acceptors (Lipinski definition) is 4. The first kappa shape index (κ1) is 15.3. The van der Waals surface area contributed by atoms with Crippen molar-refractivity contribution in [3.8, 4) is 0 Å². The van der Waals surface area contributed by atoms with E-state index >= 15 is 0 Å². The molecule has 0 saturated carbocycles. The maximum absolute atomic E-state index is 12.9. The lowest BCUT2D eigenvalue weighted by Gasteiger charge is -2.29. The zero-order valence-corrected chi connectivity index (χ0v) is 10.7. The highest BCUT2D eigenvalue weighted by atomic mass is 19.3. The molecule has 0 aromatic heterocycles. The summed E-state index contributed by atoms with van der Waals surface area (Å²) in [6.07, 6.45) is -2.31. The van der Waals surface area contributed by atoms with E-state index in [1.807, 2.05) is 0 Å². The normalized spacial score (nSPS) is 14.2. The second-order valence-corrected chi connectivity index (χ2v) is 4.53. The SMILES string of the molecule is CCC(C)(CO)Nc1ccc([N+](=O)[O-])cc1C(F)F. The monoisotopic (exact) mass is 274 g/mol. The first-order valence-electron chi connectivity index (χ1n) is 5.78. The van der Waals surface area contributed by atoms with Gasteiger partial charge >= 0.3 is 0 Å². The number of benzene rings is 1. The van der Waals surface area contributed by atoms with Crippen LogP contribution in [0, 0.1) is 10.1 Å². The molecule has 0 aliphatic heterocycles. The Morgan fingerprint density at radius 3 is 2.58 bits per heavy atom. The van der Waals surface area contributed by atoms with Gasteiger partial charge in [-0.3, -0.25) is 10.1 Å². The van der Waals surface area contributed by atoms with E-state index in [2.05, 4.69) is 5.32 Å². The van der Waals surface area contributed by atoms with Gasteiger partial charge in [-0.05, 0) is 19.4 Å². The molecule has 0 aliphatic rings. The third kappa shape index (κ3) is 3.60. The van der Waals surface area contributed by atoms with Crippen LogP contribution in [0.4, 0.5) is 20.2 Å². The van der Waals surface area contributed by atoms with Crippen LogP contribution in [0.15, 0.2) is 18.2 Å². The van der Waals surface area contributed by atoms with Crippen molar-refractivity contribution in [3.05, 3.63) is 33.9 Å². The summed E-state index contributed by atoms with van der Waals surface area (Å²) in [5.74, 6) is 0. The van der Waals surface area contributed by atoms with Crippen molar-refractivity contribution in [1.29, 1.82) is 0 Å². The van der Waals surface area contributed by atoms with E-state index < -0.39 is 22.5 Å². The molecule has 0 aliphatic carbocycles. The average molecular weight is 274 g/mol. The third-order valence-corrected chi connectivity index (χ3v) is 3.05. The van der Waals surface area contributed by atoms with Crippen molar-refractivity contribution in [2.24, 2.45) is 0 Å². The van der Waals surface area contributed by atoms with Crippen LogP contribution in [0.5, 0.6) is 0 Å². The number of nitro groups is 1. The largest absolute Gasteiger partial charge is 0.394 e. The molecule has 0 radical (unpaired) electrons. The number of nitrogens with one attached hydrogen (secondary N) is 1. The van der Waals surface area contributed by atoms with Crippen LogP contribution in [0.3, 0.4) is 0 Å². The number of aliphatic hydroxyl groups is 1. The second-order valence-electron chi connectivity index (χ2n) is 4.53. The highest BCUT2D eigenvalue weighted by molar-refractivity contribution is 5.58. The number of aliphatic hydroxyl groups excluding tert-OH is 1. The molecule has 1 rings (SSSR count). The smallest absolute Gasteiger partial charge is 0.270 e. The molecule has 0 amide bonds. The Kier molecular flexibility index (Phi) is 4.77. The molecule has 7 heteroatoms. The van der Waals surface area contributed by atoms with E-state index in [4.69, 9.17) is 0 Å². The predicted molar refractivity (Wildman–Crippen MR) is 67.5 cm³/mol. The number of alkyl halides is 2. The summed E-state index contributed by atoms with van der Waals surface area (Å²) in [7, 11) is 0. The van der Waals surface area contributed by atoms with Crippen LogP contribution in [-0.2, 0) is 0 Å². The molecule has 19 heavy (non-hydrogen) atoms. The van der Waals surface area contributed by atoms with E-state index in [0.29, 0.717) is 6.42 Å². The molecule has 0 fully saturated rings. The number of halogens is 2. The van der Waals surface area contributed by atoms with Gasteiger partial charge in [0.1, 0.15) is 0 Å². The number of nitro benzene ring substituents is 1. The fourth-order valence-corrected chi connectivity index (χ4v) is 1.52. The molecular formula is C12H16F2N2O3.